The molecule has 176 valence electrons. The number of carbonyl (C=O) groups is 1. The van der Waals surface area contributed by atoms with Crippen LogP contribution >= 0.6 is 11.6 Å². The Morgan fingerprint density at radius 1 is 1.24 bits per heavy atom. The lowest BCUT2D eigenvalue weighted by atomic mass is 10.1. The Kier molecular flexibility index (Phi) is 5.58. The molecule has 4 aromatic rings. The van der Waals surface area contributed by atoms with E-state index in [1.807, 2.05) is 30.3 Å². The van der Waals surface area contributed by atoms with E-state index in [0.717, 1.165) is 10.9 Å². The van der Waals surface area contributed by atoms with Crippen LogP contribution in [0.3, 0.4) is 0 Å². The van der Waals surface area contributed by atoms with Crippen LogP contribution in [-0.4, -0.2) is 36.8 Å². The van der Waals surface area contributed by atoms with E-state index in [4.69, 9.17) is 11.6 Å². The molecule has 0 atom stereocenters. The summed E-state index contributed by atoms with van der Waals surface area (Å²) in [5.74, 6) is -0.787. The lowest BCUT2D eigenvalue weighted by Crippen LogP contribution is -2.47. The molecule has 1 saturated heterocycles. The van der Waals surface area contributed by atoms with Gasteiger partial charge in [0.05, 0.1) is 23.3 Å². The van der Waals surface area contributed by atoms with Crippen molar-refractivity contribution < 1.29 is 17.6 Å². The van der Waals surface area contributed by atoms with Crippen LogP contribution in [0.25, 0.3) is 21.8 Å². The summed E-state index contributed by atoms with van der Waals surface area (Å²) in [6.07, 6.45) is 0.573. The zero-order valence-electron chi connectivity index (χ0n) is 18.6. The molecule has 34 heavy (non-hydrogen) atoms. The third kappa shape index (κ3) is 3.73. The van der Waals surface area contributed by atoms with Crippen molar-refractivity contribution in [3.05, 3.63) is 70.3 Å². The number of hydrogen-bond acceptors (Lipinski definition) is 4. The Morgan fingerprint density at radius 2 is 2.00 bits per heavy atom. The number of aryl methyl sites for hydroxylation is 1. The highest BCUT2D eigenvalue weighted by atomic mass is 35.5. The number of pyridine rings is 1. The first kappa shape index (κ1) is 22.8. The molecule has 0 radical (unpaired) electrons. The number of rotatable bonds is 4. The number of benzene rings is 2. The zero-order valence-corrected chi connectivity index (χ0v) is 20.2. The first-order valence-electron chi connectivity index (χ1n) is 10.8. The molecule has 0 bridgehead atoms. The van der Waals surface area contributed by atoms with Crippen LogP contribution in [0.1, 0.15) is 35.0 Å². The maximum Gasteiger partial charge on any atom is 0.301 e. The highest BCUT2D eigenvalue weighted by Crippen LogP contribution is 2.39. The molecule has 0 spiro atoms. The van der Waals surface area contributed by atoms with Crippen molar-refractivity contribution in [3.8, 4) is 0 Å². The van der Waals surface area contributed by atoms with Gasteiger partial charge in [0.15, 0.2) is 5.78 Å². The number of fused-ring (bicyclic) bond motifs is 2. The SMILES string of the molecule is CC(=O)c1c(N2CCCNS2(=O)=O)c2cc(C)c(F)cc2n1Cc1cc2ccccc2nc1Cl. The summed E-state index contributed by atoms with van der Waals surface area (Å²) in [5, 5.41) is 1.62. The smallest absolute Gasteiger partial charge is 0.301 e. The van der Waals surface area contributed by atoms with Gasteiger partial charge in [0.25, 0.3) is 0 Å². The lowest BCUT2D eigenvalue weighted by molar-refractivity contribution is 0.101. The highest BCUT2D eigenvalue weighted by Gasteiger charge is 2.33. The van der Waals surface area contributed by atoms with E-state index in [1.54, 1.807) is 17.6 Å². The van der Waals surface area contributed by atoms with Crippen molar-refractivity contribution in [2.24, 2.45) is 0 Å². The summed E-state index contributed by atoms with van der Waals surface area (Å²) in [7, 11) is -3.86. The number of para-hydroxylation sites is 1. The van der Waals surface area contributed by atoms with Crippen LogP contribution in [0.2, 0.25) is 5.15 Å². The molecule has 0 aliphatic carbocycles. The molecule has 0 saturated carbocycles. The Morgan fingerprint density at radius 3 is 2.74 bits per heavy atom. The van der Waals surface area contributed by atoms with Crippen molar-refractivity contribution >= 4 is 55.1 Å². The van der Waals surface area contributed by atoms with Crippen molar-refractivity contribution in [1.29, 1.82) is 0 Å². The van der Waals surface area contributed by atoms with Crippen LogP contribution in [0.15, 0.2) is 42.5 Å². The third-order valence-corrected chi connectivity index (χ3v) is 7.93. The molecular formula is C24H22ClFN4O3S. The number of ketones is 1. The van der Waals surface area contributed by atoms with Gasteiger partial charge in [0, 0.05) is 36.3 Å². The van der Waals surface area contributed by atoms with E-state index >= 15 is 0 Å². The van der Waals surface area contributed by atoms with Crippen molar-refractivity contribution in [3.63, 3.8) is 0 Å². The van der Waals surface area contributed by atoms with Gasteiger partial charge in [-0.2, -0.15) is 13.1 Å². The monoisotopic (exact) mass is 500 g/mol. The predicted molar refractivity (Wildman–Crippen MR) is 131 cm³/mol. The van der Waals surface area contributed by atoms with Gasteiger partial charge in [0.2, 0.25) is 0 Å². The minimum absolute atomic E-state index is 0.117. The molecule has 7 nitrogen and oxygen atoms in total. The van der Waals surface area contributed by atoms with Crippen LogP contribution in [0.5, 0.6) is 0 Å². The minimum Gasteiger partial charge on any atom is -0.332 e. The van der Waals surface area contributed by atoms with Gasteiger partial charge < -0.3 is 4.57 Å². The molecular weight excluding hydrogens is 479 g/mol. The molecule has 1 N–H and O–H groups in total. The second-order valence-electron chi connectivity index (χ2n) is 8.41. The van der Waals surface area contributed by atoms with Gasteiger partial charge in [0.1, 0.15) is 16.7 Å². The first-order chi connectivity index (χ1) is 16.2. The predicted octanol–water partition coefficient (Wildman–Crippen LogP) is 4.59. The van der Waals surface area contributed by atoms with Crippen molar-refractivity contribution in [1.82, 2.24) is 14.3 Å². The lowest BCUT2D eigenvalue weighted by Gasteiger charge is -2.29. The minimum atomic E-state index is -3.86. The second kappa shape index (κ2) is 8.33. The largest absolute Gasteiger partial charge is 0.332 e. The van der Waals surface area contributed by atoms with Crippen LogP contribution < -0.4 is 9.03 Å². The number of nitrogens with one attached hydrogen (secondary N) is 1. The van der Waals surface area contributed by atoms with Gasteiger partial charge in [-0.15, -0.1) is 0 Å². The van der Waals surface area contributed by atoms with E-state index in [2.05, 4.69) is 9.71 Å². The van der Waals surface area contributed by atoms with E-state index in [1.165, 1.54) is 17.3 Å². The number of nitrogens with zero attached hydrogens (tertiary/aromatic N) is 3. The topological polar surface area (TPSA) is 84.3 Å². The van der Waals surface area contributed by atoms with Gasteiger partial charge >= 0.3 is 10.2 Å². The van der Waals surface area contributed by atoms with E-state index in [-0.39, 0.29) is 35.4 Å². The zero-order chi connectivity index (χ0) is 24.2. The standard InChI is InChI=1S/C24H22ClFN4O3S/c1-14-10-18-21(12-19(14)26)29(13-17-11-16-6-3-4-7-20(16)28-24(17)25)22(15(2)31)23(18)30-9-5-8-27-34(30,32)33/h3-4,6-7,10-12,27H,5,8-9,13H2,1-2H3. The van der Waals surface area contributed by atoms with Gasteiger partial charge in [-0.25, -0.2) is 9.37 Å². The first-order valence-corrected chi connectivity index (χ1v) is 12.6. The summed E-state index contributed by atoms with van der Waals surface area (Å²) in [4.78, 5) is 17.4. The molecule has 2 aromatic heterocycles. The van der Waals surface area contributed by atoms with E-state index in [0.29, 0.717) is 35.0 Å². The average molecular weight is 501 g/mol. The molecule has 0 unspecified atom stereocenters. The Labute approximate surface area is 201 Å². The molecule has 1 fully saturated rings. The van der Waals surface area contributed by atoms with E-state index < -0.39 is 16.0 Å². The molecule has 5 rings (SSSR count). The number of aromatic nitrogens is 2. The number of halogens is 2. The number of Topliss-reactive ketones (excluding diaryl/α,β-unsaturated/α-hetero) is 1. The maximum absolute atomic E-state index is 14.7. The quantitative estimate of drug-likeness (QED) is 0.328. The molecule has 1 aliphatic heterocycles. The van der Waals surface area contributed by atoms with Gasteiger partial charge in [-0.1, -0.05) is 29.8 Å². The fourth-order valence-corrected chi connectivity index (χ4v) is 6.06. The Balaban J connectivity index is 1.80. The van der Waals surface area contributed by atoms with Crippen LogP contribution in [0.4, 0.5) is 10.1 Å². The Bertz CT molecular complexity index is 1580. The van der Waals surface area contributed by atoms with Gasteiger partial charge in [-0.05, 0) is 43.2 Å². The maximum atomic E-state index is 14.7. The number of carbonyl (C=O) groups excluding carboxylic acids is 1. The van der Waals surface area contributed by atoms with Crippen LogP contribution in [0, 0.1) is 12.7 Å². The second-order valence-corrected chi connectivity index (χ2v) is 10.5. The summed E-state index contributed by atoms with van der Waals surface area (Å²) in [5.41, 5.74) is 2.56. The summed E-state index contributed by atoms with van der Waals surface area (Å²) < 4.78 is 45.9. The molecule has 1 aliphatic rings. The summed E-state index contributed by atoms with van der Waals surface area (Å²) >= 11 is 6.49. The van der Waals surface area contributed by atoms with E-state index in [9.17, 15) is 17.6 Å². The molecule has 10 heteroatoms. The average Bonchev–Trinajstić information content (AvgIpc) is 3.07. The Hall–Kier alpha value is -3.01. The number of anilines is 1. The fraction of sp³-hybridized carbons (Fsp3) is 0.250. The molecule has 2 aromatic carbocycles. The summed E-state index contributed by atoms with van der Waals surface area (Å²) in [6.45, 7) is 3.63. The van der Waals surface area contributed by atoms with Crippen molar-refractivity contribution in [2.75, 3.05) is 17.4 Å². The van der Waals surface area contributed by atoms with Crippen LogP contribution in [-0.2, 0) is 16.8 Å². The van der Waals surface area contributed by atoms with Crippen molar-refractivity contribution in [2.45, 2.75) is 26.8 Å². The molecule has 3 heterocycles. The normalized spacial score (nSPS) is 15.8. The highest BCUT2D eigenvalue weighted by molar-refractivity contribution is 7.91. The summed E-state index contributed by atoms with van der Waals surface area (Å²) in [6, 6.07) is 12.3. The molecule has 0 amide bonds. The third-order valence-electron chi connectivity index (χ3n) is 6.09. The van der Waals surface area contributed by atoms with Gasteiger partial charge in [-0.3, -0.25) is 9.10 Å². The fourth-order valence-electron chi connectivity index (χ4n) is 4.50. The number of hydrogen-bond donors (Lipinski definition) is 1.